The average Bonchev–Trinajstić information content (AvgIpc) is 2.98. The topological polar surface area (TPSA) is 215 Å². The lowest BCUT2D eigenvalue weighted by atomic mass is 9.54. The van der Waals surface area contributed by atoms with Crippen LogP contribution in [0, 0.1) is 5.92 Å². The number of carbonyl (C=O) groups is 4. The highest BCUT2D eigenvalue weighted by Crippen LogP contribution is 2.61. The van der Waals surface area contributed by atoms with Crippen LogP contribution >= 0.6 is 0 Å². The molecule has 15 nitrogen and oxygen atoms in total. The molecular weight excluding hydrogens is 582 g/mol. The van der Waals surface area contributed by atoms with E-state index in [9.17, 15) is 29.4 Å². The predicted molar refractivity (Wildman–Crippen MR) is 144 cm³/mol. The maximum absolute atomic E-state index is 13.3. The Kier molecular flexibility index (Phi) is 7.07. The molecule has 4 fully saturated rings. The monoisotopic (exact) mass is 611 g/mol. The molecular formula is C29H29N3O12. The van der Waals surface area contributed by atoms with E-state index in [1.807, 2.05) is 0 Å². The van der Waals surface area contributed by atoms with E-state index in [-0.39, 0.29) is 17.1 Å². The van der Waals surface area contributed by atoms with Crippen molar-refractivity contribution in [3.8, 4) is 0 Å². The van der Waals surface area contributed by atoms with Crippen LogP contribution in [0.15, 0.2) is 65.7 Å². The lowest BCUT2D eigenvalue weighted by Gasteiger charge is -2.72. The van der Waals surface area contributed by atoms with Gasteiger partial charge in [0, 0.05) is 13.8 Å². The molecule has 1 spiro atoms. The summed E-state index contributed by atoms with van der Waals surface area (Å²) in [6.07, 6.45) is -8.51. The third-order valence-electron chi connectivity index (χ3n) is 8.20. The van der Waals surface area contributed by atoms with Crippen molar-refractivity contribution >= 4 is 29.8 Å². The molecule has 44 heavy (non-hydrogen) atoms. The molecule has 5 aliphatic rings. The number of aliphatic imine (C=N–C) groups is 1. The number of nitrogens with one attached hydrogen (secondary N) is 1. The summed E-state index contributed by atoms with van der Waals surface area (Å²) in [5, 5.41) is 26.0. The third-order valence-corrected chi connectivity index (χ3v) is 8.20. The van der Waals surface area contributed by atoms with Gasteiger partial charge in [-0.3, -0.25) is 9.59 Å². The first-order valence-corrected chi connectivity index (χ1v) is 13.6. The van der Waals surface area contributed by atoms with Gasteiger partial charge in [-0.25, -0.2) is 14.6 Å². The van der Waals surface area contributed by atoms with E-state index >= 15 is 0 Å². The largest absolute Gasteiger partial charge is 0.458 e. The number of hydrogen-bond acceptors (Lipinski definition) is 15. The number of guanidine groups is 1. The van der Waals surface area contributed by atoms with Gasteiger partial charge in [-0.2, -0.15) is 0 Å². The van der Waals surface area contributed by atoms with Gasteiger partial charge in [0.05, 0.1) is 17.0 Å². The van der Waals surface area contributed by atoms with Crippen molar-refractivity contribution in [3.63, 3.8) is 0 Å². The van der Waals surface area contributed by atoms with Crippen LogP contribution < -0.4 is 11.1 Å². The van der Waals surface area contributed by atoms with E-state index in [1.165, 1.54) is 24.3 Å². The van der Waals surface area contributed by atoms with E-state index in [4.69, 9.17) is 34.2 Å². The SMILES string of the molecule is CC(=O)O[C@@H]1[C@@H]2O[C@@]3(OC(=O)c4ccccc4)O[C@H]([C@@H]4[C@@H](O)N=C(N)N[C@]41[C@@H]3O)[C@]2(COC(=O)c1ccccc1)OC(C)=O. The fourth-order valence-electron chi connectivity index (χ4n) is 6.61. The van der Waals surface area contributed by atoms with Crippen molar-refractivity contribution < 1.29 is 57.8 Å². The minimum absolute atomic E-state index is 0.0778. The van der Waals surface area contributed by atoms with Crippen LogP contribution in [-0.2, 0) is 38.0 Å². The third kappa shape index (κ3) is 4.39. The van der Waals surface area contributed by atoms with E-state index < -0.39 is 84.2 Å². The summed E-state index contributed by atoms with van der Waals surface area (Å²) in [7, 11) is 0. The summed E-state index contributed by atoms with van der Waals surface area (Å²) in [5.74, 6) is -7.84. The van der Waals surface area contributed by atoms with Crippen LogP contribution in [0.3, 0.4) is 0 Å². The van der Waals surface area contributed by atoms with Crippen LogP contribution in [0.25, 0.3) is 0 Å². The van der Waals surface area contributed by atoms with Gasteiger partial charge in [0.1, 0.15) is 24.4 Å². The number of aliphatic hydroxyl groups excluding tert-OH is 2. The fourth-order valence-corrected chi connectivity index (χ4v) is 6.61. The van der Waals surface area contributed by atoms with E-state index in [1.54, 1.807) is 36.4 Å². The normalized spacial score (nSPS) is 36.2. The summed E-state index contributed by atoms with van der Waals surface area (Å²) in [6.45, 7) is 1.43. The summed E-state index contributed by atoms with van der Waals surface area (Å²) < 4.78 is 35.1. The molecule has 2 aromatic rings. The zero-order valence-electron chi connectivity index (χ0n) is 23.4. The number of nitrogens with two attached hydrogens (primary N) is 1. The number of carbonyl (C=O) groups excluding carboxylic acids is 4. The maximum atomic E-state index is 13.3. The number of ether oxygens (including phenoxy) is 6. The highest BCUT2D eigenvalue weighted by Gasteiger charge is 2.87. The molecule has 15 heteroatoms. The molecule has 7 rings (SSSR count). The van der Waals surface area contributed by atoms with Gasteiger partial charge < -0.3 is 49.7 Å². The Labute approximate surface area is 249 Å². The number of nitrogens with zero attached hydrogens (tertiary/aromatic N) is 1. The summed E-state index contributed by atoms with van der Waals surface area (Å²) >= 11 is 0. The molecule has 4 aliphatic heterocycles. The van der Waals surface area contributed by atoms with Gasteiger partial charge in [0.2, 0.25) is 5.60 Å². The second kappa shape index (κ2) is 10.6. The molecule has 4 bridgehead atoms. The van der Waals surface area contributed by atoms with E-state index in [2.05, 4.69) is 10.3 Å². The molecule has 1 aliphatic carbocycles. The summed E-state index contributed by atoms with van der Waals surface area (Å²) in [5.41, 5.74) is 2.16. The van der Waals surface area contributed by atoms with Crippen LogP contribution in [0.1, 0.15) is 34.6 Å². The first-order valence-electron chi connectivity index (χ1n) is 13.6. The number of rotatable bonds is 7. The molecule has 0 amide bonds. The molecule has 5 N–H and O–H groups in total. The molecule has 0 unspecified atom stereocenters. The molecule has 0 aromatic heterocycles. The van der Waals surface area contributed by atoms with Crippen LogP contribution in [0.2, 0.25) is 0 Å². The quantitative estimate of drug-likeness (QED) is 0.226. The second-order valence-corrected chi connectivity index (χ2v) is 10.9. The minimum Gasteiger partial charge on any atom is -0.458 e. The number of esters is 4. The number of aliphatic hydroxyl groups is 2. The number of benzene rings is 2. The maximum Gasteiger partial charge on any atom is 0.360 e. The molecule has 1 saturated carbocycles. The minimum atomic E-state index is -2.60. The lowest BCUT2D eigenvalue weighted by molar-refractivity contribution is -0.543. The number of hydrogen-bond donors (Lipinski definition) is 4. The van der Waals surface area contributed by atoms with Gasteiger partial charge in [-0.05, 0) is 24.3 Å². The van der Waals surface area contributed by atoms with Crippen molar-refractivity contribution in [1.29, 1.82) is 0 Å². The van der Waals surface area contributed by atoms with Crippen LogP contribution in [-0.4, -0.2) is 94.4 Å². The van der Waals surface area contributed by atoms with Gasteiger partial charge in [0.15, 0.2) is 24.4 Å². The Bertz CT molecular complexity index is 1520. The van der Waals surface area contributed by atoms with Crippen molar-refractivity contribution in [2.75, 3.05) is 6.61 Å². The molecule has 0 radical (unpaired) electrons. The van der Waals surface area contributed by atoms with Crippen molar-refractivity contribution in [1.82, 2.24) is 5.32 Å². The summed E-state index contributed by atoms with van der Waals surface area (Å²) in [4.78, 5) is 55.4. The Hall–Kier alpha value is -4.57. The molecule has 3 saturated heterocycles. The van der Waals surface area contributed by atoms with Crippen molar-refractivity contribution in [2.45, 2.75) is 61.6 Å². The summed E-state index contributed by atoms with van der Waals surface area (Å²) in [6, 6.07) is 15.7. The zero-order valence-corrected chi connectivity index (χ0v) is 23.4. The van der Waals surface area contributed by atoms with E-state index in [0.717, 1.165) is 13.8 Å². The van der Waals surface area contributed by atoms with Crippen molar-refractivity contribution in [3.05, 3.63) is 71.8 Å². The average molecular weight is 612 g/mol. The van der Waals surface area contributed by atoms with E-state index in [0.29, 0.717) is 0 Å². The highest BCUT2D eigenvalue weighted by atomic mass is 16.9. The Morgan fingerprint density at radius 3 is 2.07 bits per heavy atom. The highest BCUT2D eigenvalue weighted by molar-refractivity contribution is 5.90. The first-order chi connectivity index (χ1) is 20.9. The van der Waals surface area contributed by atoms with Gasteiger partial charge in [-0.15, -0.1) is 0 Å². The standard InChI is InChI=1S/C29H29N3O12/c1-14(33)40-21-20-27(41-15(2)34,13-39-23(36)16-9-5-3-6-10-16)19-18-22(35)31-26(30)32-28(18,21)25(38)29(42-19,43-20)44-24(37)17-11-7-4-8-12-17/h3-12,18-22,25,35,38H,13H2,1-2H3,(H3,30,31,32)/t18-,19-,20+,21-,22-,25+,27+,28-,29+/m1/s1. The fraction of sp³-hybridized carbons (Fsp3) is 0.414. The van der Waals surface area contributed by atoms with Gasteiger partial charge >= 0.3 is 29.9 Å². The smallest absolute Gasteiger partial charge is 0.360 e. The lowest BCUT2D eigenvalue weighted by Crippen LogP contribution is -2.96. The van der Waals surface area contributed by atoms with Crippen LogP contribution in [0.5, 0.6) is 0 Å². The molecule has 9 atom stereocenters. The predicted octanol–water partition coefficient (Wildman–Crippen LogP) is -0.649. The zero-order chi connectivity index (χ0) is 31.4. The molecule has 232 valence electrons. The first kappa shape index (κ1) is 29.5. The molecule has 2 aromatic carbocycles. The Morgan fingerprint density at radius 1 is 0.886 bits per heavy atom. The van der Waals surface area contributed by atoms with Crippen molar-refractivity contribution in [2.24, 2.45) is 16.6 Å². The Morgan fingerprint density at radius 2 is 1.48 bits per heavy atom. The van der Waals surface area contributed by atoms with Gasteiger partial charge in [-0.1, -0.05) is 36.4 Å². The molecule has 4 heterocycles. The second-order valence-electron chi connectivity index (χ2n) is 10.9. The van der Waals surface area contributed by atoms with Gasteiger partial charge in [0.25, 0.3) is 0 Å². The van der Waals surface area contributed by atoms with Crippen LogP contribution in [0.4, 0.5) is 0 Å². The Balaban J connectivity index is 1.49.